The van der Waals surface area contributed by atoms with Gasteiger partial charge in [0.25, 0.3) is 5.91 Å². The van der Waals surface area contributed by atoms with Gasteiger partial charge in [0.15, 0.2) is 11.5 Å². The second kappa shape index (κ2) is 8.18. The quantitative estimate of drug-likeness (QED) is 0.620. The van der Waals surface area contributed by atoms with E-state index in [1.54, 1.807) is 13.0 Å². The van der Waals surface area contributed by atoms with Gasteiger partial charge in [0.2, 0.25) is 0 Å². The van der Waals surface area contributed by atoms with Crippen molar-refractivity contribution < 1.29 is 19.0 Å². The Bertz CT molecular complexity index is 875. The molecule has 0 aliphatic heterocycles. The molecule has 0 aliphatic rings. The number of hydrogen-bond donors (Lipinski definition) is 2. The van der Waals surface area contributed by atoms with E-state index < -0.39 is 11.7 Å². The molecule has 2 N–H and O–H groups in total. The molecule has 25 heavy (non-hydrogen) atoms. The zero-order chi connectivity index (χ0) is 18.4. The Kier molecular flexibility index (Phi) is 5.98. The molecule has 5 nitrogen and oxygen atoms in total. The Morgan fingerprint density at radius 3 is 2.80 bits per heavy atom. The van der Waals surface area contributed by atoms with Crippen LogP contribution >= 0.6 is 11.6 Å². The predicted octanol–water partition coefficient (Wildman–Crippen LogP) is 4.13. The number of nitrogens with one attached hydrogen (secondary N) is 1. The smallest absolute Gasteiger partial charge is 0.266 e. The molecule has 2 aromatic carbocycles. The summed E-state index contributed by atoms with van der Waals surface area (Å²) in [7, 11) is 0. The summed E-state index contributed by atoms with van der Waals surface area (Å²) in [6, 6.07) is 9.95. The lowest BCUT2D eigenvalue weighted by Crippen LogP contribution is -2.13. The molecule has 128 valence electrons. The molecule has 0 aliphatic carbocycles. The summed E-state index contributed by atoms with van der Waals surface area (Å²) in [5.74, 6) is -1.07. The van der Waals surface area contributed by atoms with E-state index in [4.69, 9.17) is 16.3 Å². The number of carbonyl (C=O) groups is 1. The highest BCUT2D eigenvalue weighted by molar-refractivity contribution is 6.31. The maximum absolute atomic E-state index is 13.1. The molecule has 0 radical (unpaired) electrons. The molecule has 0 unspecified atom stereocenters. The first-order chi connectivity index (χ1) is 11.9. The zero-order valence-electron chi connectivity index (χ0n) is 13.2. The number of aromatic hydroxyl groups is 1. The molecule has 7 heteroatoms. The summed E-state index contributed by atoms with van der Waals surface area (Å²) in [5, 5.41) is 21.2. The van der Waals surface area contributed by atoms with E-state index >= 15 is 0 Å². The fourth-order valence-corrected chi connectivity index (χ4v) is 2.16. The fourth-order valence-electron chi connectivity index (χ4n) is 1.98. The van der Waals surface area contributed by atoms with E-state index in [2.05, 4.69) is 5.32 Å². The molecular weight excluding hydrogens is 347 g/mol. The van der Waals surface area contributed by atoms with Gasteiger partial charge >= 0.3 is 0 Å². The highest BCUT2D eigenvalue weighted by Gasteiger charge is 2.12. The first-order valence-corrected chi connectivity index (χ1v) is 7.66. The minimum Gasteiger partial charge on any atom is -0.504 e. The summed E-state index contributed by atoms with van der Waals surface area (Å²) in [5.41, 5.74) is 0.594. The third-order valence-corrected chi connectivity index (χ3v) is 3.43. The Morgan fingerprint density at radius 2 is 2.16 bits per heavy atom. The van der Waals surface area contributed by atoms with Crippen LogP contribution in [0.5, 0.6) is 11.5 Å². The molecular formula is C18H14ClFN2O3. The molecule has 0 saturated carbocycles. The van der Waals surface area contributed by atoms with Gasteiger partial charge in [-0.3, -0.25) is 4.79 Å². The number of amides is 1. The number of hydrogen-bond acceptors (Lipinski definition) is 4. The van der Waals surface area contributed by atoms with Gasteiger partial charge in [-0.15, -0.1) is 0 Å². The normalized spacial score (nSPS) is 10.9. The molecule has 0 aromatic heterocycles. The third-order valence-electron chi connectivity index (χ3n) is 3.14. The van der Waals surface area contributed by atoms with E-state index in [9.17, 15) is 19.6 Å². The van der Waals surface area contributed by atoms with Crippen LogP contribution in [0.15, 0.2) is 42.0 Å². The summed E-state index contributed by atoms with van der Waals surface area (Å²) in [6.45, 7) is 2.13. The Hall–Kier alpha value is -3.04. The summed E-state index contributed by atoms with van der Waals surface area (Å²) in [4.78, 5) is 12.2. The van der Waals surface area contributed by atoms with Gasteiger partial charge in [0.1, 0.15) is 17.5 Å². The van der Waals surface area contributed by atoms with Gasteiger partial charge in [0, 0.05) is 5.69 Å². The second-order valence-corrected chi connectivity index (χ2v) is 5.32. The van der Waals surface area contributed by atoms with Crippen molar-refractivity contribution in [1.29, 1.82) is 5.26 Å². The van der Waals surface area contributed by atoms with Gasteiger partial charge < -0.3 is 15.2 Å². The number of carbonyl (C=O) groups excluding carboxylic acids is 1. The van der Waals surface area contributed by atoms with Crippen molar-refractivity contribution in [3.63, 3.8) is 0 Å². The van der Waals surface area contributed by atoms with Crippen molar-refractivity contribution in [1.82, 2.24) is 0 Å². The maximum atomic E-state index is 13.1. The standard InChI is InChI=1S/C18H14ClFN2O3/c1-2-25-17-8-11(3-6-16(17)23)7-12(10-21)18(24)22-13-4-5-15(20)14(19)9-13/h3-9,23H,2H2,1H3,(H,22,24)/b12-7+. The van der Waals surface area contributed by atoms with Crippen LogP contribution < -0.4 is 10.1 Å². The van der Waals surface area contributed by atoms with Crippen LogP contribution in [0.2, 0.25) is 5.02 Å². The third kappa shape index (κ3) is 4.72. The number of nitriles is 1. The lowest BCUT2D eigenvalue weighted by molar-refractivity contribution is -0.112. The van der Waals surface area contributed by atoms with E-state index in [1.165, 1.54) is 36.4 Å². The summed E-state index contributed by atoms with van der Waals surface area (Å²) in [6.07, 6.45) is 1.35. The van der Waals surface area contributed by atoms with E-state index in [0.29, 0.717) is 12.2 Å². The zero-order valence-corrected chi connectivity index (χ0v) is 14.0. The molecule has 0 bridgehead atoms. The minimum atomic E-state index is -0.670. The Morgan fingerprint density at radius 1 is 1.40 bits per heavy atom. The first kappa shape index (κ1) is 18.3. The maximum Gasteiger partial charge on any atom is 0.266 e. The number of nitrogens with zero attached hydrogens (tertiary/aromatic N) is 1. The Balaban J connectivity index is 2.24. The highest BCUT2D eigenvalue weighted by Crippen LogP contribution is 2.28. The Labute approximate surface area is 148 Å². The number of phenols is 1. The number of anilines is 1. The number of halogens is 2. The molecule has 0 heterocycles. The molecule has 0 saturated heterocycles. The van der Waals surface area contributed by atoms with Crippen LogP contribution in [-0.2, 0) is 4.79 Å². The largest absolute Gasteiger partial charge is 0.504 e. The average molecular weight is 361 g/mol. The number of rotatable bonds is 5. The lowest BCUT2D eigenvalue weighted by Gasteiger charge is -2.07. The van der Waals surface area contributed by atoms with Crippen molar-refractivity contribution in [3.8, 4) is 17.6 Å². The fraction of sp³-hybridized carbons (Fsp3) is 0.111. The first-order valence-electron chi connectivity index (χ1n) is 7.28. The summed E-state index contributed by atoms with van der Waals surface area (Å²) >= 11 is 5.66. The number of ether oxygens (including phenoxy) is 1. The van der Waals surface area contributed by atoms with Crippen LogP contribution in [0.4, 0.5) is 10.1 Å². The van der Waals surface area contributed by atoms with Gasteiger partial charge in [-0.1, -0.05) is 17.7 Å². The molecule has 2 rings (SSSR count). The molecule has 0 spiro atoms. The van der Waals surface area contributed by atoms with Gasteiger partial charge in [-0.05, 0) is 48.9 Å². The van der Waals surface area contributed by atoms with Crippen LogP contribution in [-0.4, -0.2) is 17.6 Å². The van der Waals surface area contributed by atoms with Crippen LogP contribution in [0.1, 0.15) is 12.5 Å². The molecule has 1 amide bonds. The van der Waals surface area contributed by atoms with Crippen molar-refractivity contribution in [2.24, 2.45) is 0 Å². The predicted molar refractivity (Wildman–Crippen MR) is 92.9 cm³/mol. The summed E-state index contributed by atoms with van der Waals surface area (Å²) < 4.78 is 18.4. The molecule has 0 fully saturated rings. The van der Waals surface area contributed by atoms with Gasteiger partial charge in [0.05, 0.1) is 11.6 Å². The second-order valence-electron chi connectivity index (χ2n) is 4.91. The number of benzene rings is 2. The van der Waals surface area contributed by atoms with Gasteiger partial charge in [-0.25, -0.2) is 4.39 Å². The van der Waals surface area contributed by atoms with Crippen molar-refractivity contribution in [2.45, 2.75) is 6.92 Å². The topological polar surface area (TPSA) is 82.3 Å². The van der Waals surface area contributed by atoms with Crippen molar-refractivity contribution in [3.05, 3.63) is 58.4 Å². The lowest BCUT2D eigenvalue weighted by atomic mass is 10.1. The molecule has 2 aromatic rings. The van der Waals surface area contributed by atoms with E-state index in [1.807, 2.05) is 0 Å². The van der Waals surface area contributed by atoms with Crippen molar-refractivity contribution >= 4 is 29.3 Å². The monoisotopic (exact) mass is 360 g/mol. The minimum absolute atomic E-state index is 0.0390. The average Bonchev–Trinajstić information content (AvgIpc) is 2.58. The van der Waals surface area contributed by atoms with Crippen LogP contribution in [0.3, 0.4) is 0 Å². The SMILES string of the molecule is CCOc1cc(/C=C(\C#N)C(=O)Nc2ccc(F)c(Cl)c2)ccc1O. The van der Waals surface area contributed by atoms with Gasteiger partial charge in [-0.2, -0.15) is 5.26 Å². The van der Waals surface area contributed by atoms with Crippen LogP contribution in [0.25, 0.3) is 6.08 Å². The van der Waals surface area contributed by atoms with E-state index in [-0.39, 0.29) is 27.8 Å². The molecule has 0 atom stereocenters. The number of phenolic OH excluding ortho intramolecular Hbond substituents is 1. The van der Waals surface area contributed by atoms with E-state index in [0.717, 1.165) is 6.07 Å². The van der Waals surface area contributed by atoms with Crippen molar-refractivity contribution in [2.75, 3.05) is 11.9 Å². The van der Waals surface area contributed by atoms with Crippen LogP contribution in [0, 0.1) is 17.1 Å². The highest BCUT2D eigenvalue weighted by atomic mass is 35.5.